The zero-order chi connectivity index (χ0) is 14.4. The topological polar surface area (TPSA) is 35.2 Å². The van der Waals surface area contributed by atoms with Crippen LogP contribution in [0.5, 0.6) is 0 Å². The van der Waals surface area contributed by atoms with E-state index >= 15 is 0 Å². The van der Waals surface area contributed by atoms with Crippen molar-refractivity contribution in [1.82, 2.24) is 0 Å². The fraction of sp³-hybridized carbons (Fsp3) is 0.647. The second-order valence-electron chi connectivity index (χ2n) is 5.85. The van der Waals surface area contributed by atoms with Crippen molar-refractivity contribution < 1.29 is 4.74 Å². The maximum atomic E-state index is 6.29. The van der Waals surface area contributed by atoms with Crippen molar-refractivity contribution in [3.05, 3.63) is 34.3 Å². The average Bonchev–Trinajstić information content (AvgIpc) is 2.50. The van der Waals surface area contributed by atoms with Crippen molar-refractivity contribution in [2.45, 2.75) is 57.6 Å². The van der Waals surface area contributed by atoms with Crippen LogP contribution in [0.25, 0.3) is 0 Å². The second-order valence-corrected chi connectivity index (χ2v) is 6.71. The summed E-state index contributed by atoms with van der Waals surface area (Å²) in [4.78, 5) is 0. The van der Waals surface area contributed by atoms with E-state index < -0.39 is 0 Å². The van der Waals surface area contributed by atoms with Crippen molar-refractivity contribution >= 4 is 15.9 Å². The molecule has 0 bridgehead atoms. The number of benzene rings is 1. The first-order chi connectivity index (χ1) is 9.72. The molecule has 1 fully saturated rings. The highest BCUT2D eigenvalue weighted by Crippen LogP contribution is 2.31. The van der Waals surface area contributed by atoms with Crippen molar-refractivity contribution in [2.24, 2.45) is 11.7 Å². The van der Waals surface area contributed by atoms with E-state index in [-0.39, 0.29) is 12.1 Å². The smallest absolute Gasteiger partial charge is 0.0986 e. The molecule has 1 aromatic rings. The van der Waals surface area contributed by atoms with Gasteiger partial charge in [-0.2, -0.15) is 0 Å². The fourth-order valence-electron chi connectivity index (χ4n) is 2.96. The van der Waals surface area contributed by atoms with Gasteiger partial charge in [0.05, 0.1) is 12.7 Å². The third kappa shape index (κ3) is 4.31. The first-order valence-electron chi connectivity index (χ1n) is 7.84. The van der Waals surface area contributed by atoms with Crippen LogP contribution in [0.3, 0.4) is 0 Å². The van der Waals surface area contributed by atoms with E-state index in [1.807, 2.05) is 6.07 Å². The molecule has 0 aromatic heterocycles. The number of rotatable bonds is 6. The third-order valence-corrected chi connectivity index (χ3v) is 5.03. The van der Waals surface area contributed by atoms with Crippen molar-refractivity contribution in [1.29, 1.82) is 0 Å². The predicted octanol–water partition coefficient (Wildman–Crippen LogP) is 4.82. The largest absolute Gasteiger partial charge is 0.372 e. The molecule has 2 N–H and O–H groups in total. The molecule has 2 nitrogen and oxygen atoms in total. The van der Waals surface area contributed by atoms with Gasteiger partial charge in [-0.05, 0) is 36.8 Å². The highest BCUT2D eigenvalue weighted by atomic mass is 79.9. The maximum Gasteiger partial charge on any atom is 0.0986 e. The number of halogens is 1. The summed E-state index contributed by atoms with van der Waals surface area (Å²) >= 11 is 3.62. The normalized spacial score (nSPS) is 19.8. The molecular formula is C17H26BrNO. The molecule has 0 amide bonds. The molecule has 3 heteroatoms. The van der Waals surface area contributed by atoms with Crippen molar-refractivity contribution in [3.8, 4) is 0 Å². The van der Waals surface area contributed by atoms with E-state index in [4.69, 9.17) is 10.5 Å². The highest BCUT2D eigenvalue weighted by molar-refractivity contribution is 9.10. The lowest BCUT2D eigenvalue weighted by atomic mass is 9.90. The van der Waals surface area contributed by atoms with E-state index in [1.165, 1.54) is 37.7 Å². The van der Waals surface area contributed by atoms with E-state index in [2.05, 4.69) is 41.1 Å². The molecule has 0 heterocycles. The van der Waals surface area contributed by atoms with Crippen LogP contribution in [-0.2, 0) is 4.74 Å². The van der Waals surface area contributed by atoms with E-state index in [9.17, 15) is 0 Å². The van der Waals surface area contributed by atoms with Gasteiger partial charge in [0, 0.05) is 10.5 Å². The minimum Gasteiger partial charge on any atom is -0.372 e. The summed E-state index contributed by atoms with van der Waals surface area (Å²) in [7, 11) is 0. The Bertz CT molecular complexity index is 404. The Kier molecular flexibility index (Phi) is 6.53. The van der Waals surface area contributed by atoms with Gasteiger partial charge in [0.25, 0.3) is 0 Å². The Morgan fingerprint density at radius 2 is 1.95 bits per heavy atom. The zero-order valence-electron chi connectivity index (χ0n) is 12.4. The lowest BCUT2D eigenvalue weighted by Crippen LogP contribution is -2.31. The van der Waals surface area contributed by atoms with Crippen LogP contribution in [-0.4, -0.2) is 12.6 Å². The molecule has 1 aromatic carbocycles. The van der Waals surface area contributed by atoms with Gasteiger partial charge in [-0.3, -0.25) is 0 Å². The summed E-state index contributed by atoms with van der Waals surface area (Å²) in [6.45, 7) is 2.97. The molecule has 1 aliphatic rings. The highest BCUT2D eigenvalue weighted by Gasteiger charge is 2.23. The van der Waals surface area contributed by atoms with Crippen LogP contribution in [0.1, 0.15) is 57.1 Å². The Hall–Kier alpha value is -0.380. The summed E-state index contributed by atoms with van der Waals surface area (Å²) in [5.41, 5.74) is 7.47. The summed E-state index contributed by atoms with van der Waals surface area (Å²) in [6, 6.07) is 8.32. The molecule has 1 saturated carbocycles. The summed E-state index contributed by atoms with van der Waals surface area (Å²) < 4.78 is 7.34. The molecular weight excluding hydrogens is 314 g/mol. The Balaban J connectivity index is 2.02. The quantitative estimate of drug-likeness (QED) is 0.805. The summed E-state index contributed by atoms with van der Waals surface area (Å²) in [6.07, 6.45) is 7.64. The van der Waals surface area contributed by atoms with Gasteiger partial charge in [0.1, 0.15) is 0 Å². The number of nitrogens with two attached hydrogens (primary N) is 1. The van der Waals surface area contributed by atoms with Crippen LogP contribution in [0.15, 0.2) is 28.7 Å². The lowest BCUT2D eigenvalue weighted by molar-refractivity contribution is 0.00401. The van der Waals surface area contributed by atoms with Crippen molar-refractivity contribution in [3.63, 3.8) is 0 Å². The summed E-state index contributed by atoms with van der Waals surface area (Å²) in [5.74, 6) is 0.720. The molecule has 2 rings (SSSR count). The maximum absolute atomic E-state index is 6.29. The molecule has 2 atom stereocenters. The molecule has 0 saturated heterocycles. The molecule has 112 valence electrons. The Morgan fingerprint density at radius 1 is 1.25 bits per heavy atom. The molecule has 0 aliphatic heterocycles. The van der Waals surface area contributed by atoms with Gasteiger partial charge in [-0.1, -0.05) is 60.3 Å². The van der Waals surface area contributed by atoms with Crippen LogP contribution in [0.4, 0.5) is 0 Å². The first kappa shape index (κ1) is 16.0. The van der Waals surface area contributed by atoms with Crippen LogP contribution in [0.2, 0.25) is 0 Å². The summed E-state index contributed by atoms with van der Waals surface area (Å²) in [5, 5.41) is 0. The molecule has 20 heavy (non-hydrogen) atoms. The molecule has 0 radical (unpaired) electrons. The Labute approximate surface area is 131 Å². The minimum absolute atomic E-state index is 0.00231. The number of ether oxygens (including phenoxy) is 1. The van der Waals surface area contributed by atoms with E-state index in [0.29, 0.717) is 0 Å². The number of hydrogen-bond donors (Lipinski definition) is 1. The average molecular weight is 340 g/mol. The van der Waals surface area contributed by atoms with E-state index in [1.54, 1.807) is 0 Å². The van der Waals surface area contributed by atoms with Crippen LogP contribution in [0, 0.1) is 5.92 Å². The van der Waals surface area contributed by atoms with Gasteiger partial charge in [-0.25, -0.2) is 0 Å². The number of hydrogen-bond acceptors (Lipinski definition) is 2. The predicted molar refractivity (Wildman–Crippen MR) is 87.7 cm³/mol. The lowest BCUT2D eigenvalue weighted by Gasteiger charge is -2.28. The Morgan fingerprint density at radius 3 is 2.60 bits per heavy atom. The van der Waals surface area contributed by atoms with Crippen LogP contribution < -0.4 is 5.73 Å². The molecule has 1 aliphatic carbocycles. The van der Waals surface area contributed by atoms with Gasteiger partial charge >= 0.3 is 0 Å². The van der Waals surface area contributed by atoms with E-state index in [0.717, 1.165) is 23.4 Å². The van der Waals surface area contributed by atoms with Gasteiger partial charge < -0.3 is 10.5 Å². The second kappa shape index (κ2) is 8.16. The monoisotopic (exact) mass is 339 g/mol. The first-order valence-corrected chi connectivity index (χ1v) is 8.63. The van der Waals surface area contributed by atoms with Gasteiger partial charge in [-0.15, -0.1) is 0 Å². The van der Waals surface area contributed by atoms with Crippen LogP contribution >= 0.6 is 15.9 Å². The standard InChI is InChI=1S/C17H26BrNO/c1-2-16(19)17(14-10-6-7-11-15(14)18)20-12-13-8-4-3-5-9-13/h6-7,10-11,13,16-17H,2-5,8-9,12,19H2,1H3. The minimum atomic E-state index is -0.00231. The fourth-order valence-corrected chi connectivity index (χ4v) is 3.47. The van der Waals surface area contributed by atoms with Gasteiger partial charge in [0.15, 0.2) is 0 Å². The zero-order valence-corrected chi connectivity index (χ0v) is 13.9. The SMILES string of the molecule is CCC(N)C(OCC1CCCCC1)c1ccccc1Br. The third-order valence-electron chi connectivity index (χ3n) is 4.31. The van der Waals surface area contributed by atoms with Gasteiger partial charge in [0.2, 0.25) is 0 Å². The van der Waals surface area contributed by atoms with Crippen molar-refractivity contribution in [2.75, 3.05) is 6.61 Å². The molecule has 2 unspecified atom stereocenters. The molecule has 0 spiro atoms.